The van der Waals surface area contributed by atoms with Crippen molar-refractivity contribution in [1.82, 2.24) is 10.2 Å². The Balaban J connectivity index is 1.84. The summed E-state index contributed by atoms with van der Waals surface area (Å²) < 4.78 is 5.64. The maximum Gasteiger partial charge on any atom is 0.0623 e. The van der Waals surface area contributed by atoms with E-state index < -0.39 is 0 Å². The molecule has 2 fully saturated rings. The number of rotatable bonds is 6. The lowest BCUT2D eigenvalue weighted by molar-refractivity contribution is 0.147. The first kappa shape index (κ1) is 13.3. The molecule has 17 heavy (non-hydrogen) atoms. The topological polar surface area (TPSA) is 24.5 Å². The first-order valence-electron chi connectivity index (χ1n) is 7.40. The number of hydrogen-bond donors (Lipinski definition) is 1. The van der Waals surface area contributed by atoms with E-state index in [1.807, 2.05) is 0 Å². The van der Waals surface area contributed by atoms with Gasteiger partial charge in [-0.25, -0.2) is 0 Å². The zero-order valence-electron chi connectivity index (χ0n) is 11.5. The lowest BCUT2D eigenvalue weighted by Crippen LogP contribution is -2.44. The Hall–Kier alpha value is -0.120. The molecule has 2 aliphatic rings. The van der Waals surface area contributed by atoms with Crippen LogP contribution in [0.4, 0.5) is 0 Å². The fourth-order valence-corrected chi connectivity index (χ4v) is 3.37. The number of likely N-dealkylation sites (N-methyl/N-ethyl adjacent to an activating group) is 1. The standard InChI is InChI=1S/C14H28N2O/c1-3-15-14-11-17-10-12(14)9-16(4-2)13-7-5-6-8-13/h12-15H,3-11H2,1-2H3. The lowest BCUT2D eigenvalue weighted by Gasteiger charge is -2.31. The molecule has 1 aliphatic heterocycles. The van der Waals surface area contributed by atoms with Gasteiger partial charge in [0.15, 0.2) is 0 Å². The summed E-state index contributed by atoms with van der Waals surface area (Å²) in [6.45, 7) is 9.81. The SMILES string of the molecule is CCNC1COCC1CN(CC)C1CCCC1. The minimum atomic E-state index is 0.579. The third kappa shape index (κ3) is 3.43. The lowest BCUT2D eigenvalue weighted by atomic mass is 10.0. The van der Waals surface area contributed by atoms with Crippen LogP contribution in [0.25, 0.3) is 0 Å². The van der Waals surface area contributed by atoms with Gasteiger partial charge >= 0.3 is 0 Å². The fraction of sp³-hybridized carbons (Fsp3) is 1.00. The summed E-state index contributed by atoms with van der Waals surface area (Å²) in [6.07, 6.45) is 5.68. The zero-order valence-corrected chi connectivity index (χ0v) is 11.5. The molecule has 0 aromatic heterocycles. The molecule has 0 bridgehead atoms. The van der Waals surface area contributed by atoms with Crippen molar-refractivity contribution in [2.45, 2.75) is 51.6 Å². The second-order valence-electron chi connectivity index (χ2n) is 5.49. The summed E-state index contributed by atoms with van der Waals surface area (Å²) >= 11 is 0. The molecular weight excluding hydrogens is 212 g/mol. The van der Waals surface area contributed by atoms with Gasteiger partial charge in [0.1, 0.15) is 0 Å². The Morgan fingerprint density at radius 3 is 2.59 bits per heavy atom. The molecule has 0 aromatic carbocycles. The summed E-state index contributed by atoms with van der Waals surface area (Å²) in [5.41, 5.74) is 0. The van der Waals surface area contributed by atoms with Crippen LogP contribution >= 0.6 is 0 Å². The molecule has 1 N–H and O–H groups in total. The molecule has 1 heterocycles. The molecule has 2 unspecified atom stereocenters. The Morgan fingerprint density at radius 2 is 1.94 bits per heavy atom. The van der Waals surface area contributed by atoms with E-state index in [1.165, 1.54) is 38.8 Å². The zero-order chi connectivity index (χ0) is 12.1. The molecule has 0 radical (unpaired) electrons. The monoisotopic (exact) mass is 240 g/mol. The van der Waals surface area contributed by atoms with Gasteiger partial charge in [-0.05, 0) is 25.9 Å². The van der Waals surface area contributed by atoms with Gasteiger partial charge < -0.3 is 15.0 Å². The predicted molar refractivity (Wildman–Crippen MR) is 71.3 cm³/mol. The third-order valence-electron chi connectivity index (χ3n) is 4.38. The first-order valence-corrected chi connectivity index (χ1v) is 7.40. The van der Waals surface area contributed by atoms with Crippen LogP contribution in [0.3, 0.4) is 0 Å². The smallest absolute Gasteiger partial charge is 0.0623 e. The average molecular weight is 240 g/mol. The van der Waals surface area contributed by atoms with Crippen molar-refractivity contribution in [3.05, 3.63) is 0 Å². The largest absolute Gasteiger partial charge is 0.379 e. The van der Waals surface area contributed by atoms with E-state index in [0.29, 0.717) is 12.0 Å². The van der Waals surface area contributed by atoms with Crippen LogP contribution in [0, 0.1) is 5.92 Å². The van der Waals surface area contributed by atoms with Gasteiger partial charge in [-0.2, -0.15) is 0 Å². The van der Waals surface area contributed by atoms with Crippen LogP contribution in [-0.4, -0.2) is 49.8 Å². The van der Waals surface area contributed by atoms with Crippen molar-refractivity contribution in [3.8, 4) is 0 Å². The highest BCUT2D eigenvalue weighted by Gasteiger charge is 2.31. The van der Waals surface area contributed by atoms with E-state index in [0.717, 1.165) is 25.8 Å². The van der Waals surface area contributed by atoms with E-state index in [2.05, 4.69) is 24.1 Å². The van der Waals surface area contributed by atoms with Crippen molar-refractivity contribution in [2.24, 2.45) is 5.92 Å². The van der Waals surface area contributed by atoms with Crippen LogP contribution < -0.4 is 5.32 Å². The highest BCUT2D eigenvalue weighted by molar-refractivity contribution is 4.86. The molecule has 2 atom stereocenters. The maximum absolute atomic E-state index is 5.64. The quantitative estimate of drug-likeness (QED) is 0.767. The Kier molecular flexibility index (Phi) is 5.26. The Labute approximate surface area is 106 Å². The molecular formula is C14H28N2O. The van der Waals surface area contributed by atoms with E-state index >= 15 is 0 Å². The molecule has 100 valence electrons. The molecule has 1 aliphatic carbocycles. The summed E-state index contributed by atoms with van der Waals surface area (Å²) in [6, 6.07) is 1.43. The molecule has 1 saturated carbocycles. The number of nitrogens with zero attached hydrogens (tertiary/aromatic N) is 1. The highest BCUT2D eigenvalue weighted by atomic mass is 16.5. The molecule has 3 nitrogen and oxygen atoms in total. The maximum atomic E-state index is 5.64. The van der Waals surface area contributed by atoms with Crippen LogP contribution in [-0.2, 0) is 4.74 Å². The number of nitrogens with one attached hydrogen (secondary N) is 1. The van der Waals surface area contributed by atoms with Crippen molar-refractivity contribution in [1.29, 1.82) is 0 Å². The molecule has 1 saturated heterocycles. The average Bonchev–Trinajstić information content (AvgIpc) is 2.97. The predicted octanol–water partition coefficient (Wildman–Crippen LogP) is 1.88. The van der Waals surface area contributed by atoms with Crippen molar-refractivity contribution < 1.29 is 4.74 Å². The van der Waals surface area contributed by atoms with E-state index in [-0.39, 0.29) is 0 Å². The fourth-order valence-electron chi connectivity index (χ4n) is 3.37. The van der Waals surface area contributed by atoms with Crippen LogP contribution in [0.2, 0.25) is 0 Å². The molecule has 0 aromatic rings. The second kappa shape index (κ2) is 6.72. The molecule has 0 amide bonds. The van der Waals surface area contributed by atoms with Crippen molar-refractivity contribution >= 4 is 0 Å². The van der Waals surface area contributed by atoms with Gasteiger partial charge in [0.25, 0.3) is 0 Å². The van der Waals surface area contributed by atoms with Crippen LogP contribution in [0.5, 0.6) is 0 Å². The van der Waals surface area contributed by atoms with Gasteiger partial charge in [0.2, 0.25) is 0 Å². The van der Waals surface area contributed by atoms with E-state index in [4.69, 9.17) is 4.74 Å². The van der Waals surface area contributed by atoms with Crippen LogP contribution in [0.1, 0.15) is 39.5 Å². The van der Waals surface area contributed by atoms with Crippen LogP contribution in [0.15, 0.2) is 0 Å². The van der Waals surface area contributed by atoms with Gasteiger partial charge in [-0.1, -0.05) is 26.7 Å². The van der Waals surface area contributed by atoms with E-state index in [1.54, 1.807) is 0 Å². The molecule has 3 heteroatoms. The number of hydrogen-bond acceptors (Lipinski definition) is 3. The molecule has 2 rings (SSSR count). The summed E-state index contributed by atoms with van der Waals surface area (Å²) in [4.78, 5) is 2.69. The number of ether oxygens (including phenoxy) is 1. The summed E-state index contributed by atoms with van der Waals surface area (Å²) in [5.74, 6) is 0.690. The van der Waals surface area contributed by atoms with E-state index in [9.17, 15) is 0 Å². The minimum Gasteiger partial charge on any atom is -0.379 e. The van der Waals surface area contributed by atoms with Gasteiger partial charge in [-0.15, -0.1) is 0 Å². The molecule has 0 spiro atoms. The highest BCUT2D eigenvalue weighted by Crippen LogP contribution is 2.25. The third-order valence-corrected chi connectivity index (χ3v) is 4.38. The minimum absolute atomic E-state index is 0.579. The summed E-state index contributed by atoms with van der Waals surface area (Å²) in [5, 5.41) is 3.56. The Morgan fingerprint density at radius 1 is 1.18 bits per heavy atom. The second-order valence-corrected chi connectivity index (χ2v) is 5.49. The van der Waals surface area contributed by atoms with Crippen molar-refractivity contribution in [2.75, 3.05) is 32.8 Å². The van der Waals surface area contributed by atoms with Crippen molar-refractivity contribution in [3.63, 3.8) is 0 Å². The van der Waals surface area contributed by atoms with Gasteiger partial charge in [-0.3, -0.25) is 0 Å². The first-order chi connectivity index (χ1) is 8.35. The van der Waals surface area contributed by atoms with Gasteiger partial charge in [0.05, 0.1) is 13.2 Å². The Bertz CT molecular complexity index is 216. The summed E-state index contributed by atoms with van der Waals surface area (Å²) in [7, 11) is 0. The van der Waals surface area contributed by atoms with Gasteiger partial charge in [0, 0.05) is 24.5 Å². The normalized spacial score (nSPS) is 30.5.